The van der Waals surface area contributed by atoms with Gasteiger partial charge in [0.1, 0.15) is 5.15 Å². The van der Waals surface area contributed by atoms with E-state index >= 15 is 0 Å². The van der Waals surface area contributed by atoms with Gasteiger partial charge in [0, 0.05) is 18.8 Å². The van der Waals surface area contributed by atoms with E-state index < -0.39 is 0 Å². The fourth-order valence-electron chi connectivity index (χ4n) is 0.914. The minimum absolute atomic E-state index is 0.441. The first-order valence-electron chi connectivity index (χ1n) is 3.50. The van der Waals surface area contributed by atoms with E-state index in [1.54, 1.807) is 19.3 Å². The molecule has 0 unspecified atom stereocenters. The van der Waals surface area contributed by atoms with Gasteiger partial charge in [0.15, 0.2) is 0 Å². The summed E-state index contributed by atoms with van der Waals surface area (Å²) < 4.78 is 0. The molecular weight excluding hydrogens is 174 g/mol. The van der Waals surface area contributed by atoms with E-state index in [2.05, 4.69) is 9.98 Å². The first kappa shape index (κ1) is 9.00. The average Bonchev–Trinajstić information content (AvgIpc) is 2.00. The van der Waals surface area contributed by atoms with Crippen LogP contribution in [0.2, 0.25) is 5.15 Å². The minimum Gasteiger partial charge on any atom is -0.397 e. The Morgan fingerprint density at radius 2 is 2.33 bits per heavy atom. The number of hydrogen-bond acceptors (Lipinski definition) is 3. The molecule has 3 nitrogen and oxygen atoms in total. The molecule has 1 heterocycles. The standard InChI is InChI=1S/C8H10ClN3/c1-5-8(10)6(4-11-2)3-7(9)12-5/h3-4H,10H2,1-2H3. The summed E-state index contributed by atoms with van der Waals surface area (Å²) in [5.41, 5.74) is 7.90. The van der Waals surface area contributed by atoms with Gasteiger partial charge in [-0.1, -0.05) is 11.6 Å². The molecule has 1 aromatic heterocycles. The molecular formula is C8H10ClN3. The normalized spacial score (nSPS) is 10.9. The maximum atomic E-state index is 5.73. The molecule has 0 bridgehead atoms. The monoisotopic (exact) mass is 183 g/mol. The fraction of sp³-hybridized carbons (Fsp3) is 0.250. The van der Waals surface area contributed by atoms with Crippen LogP contribution in [-0.2, 0) is 0 Å². The Kier molecular flexibility index (Phi) is 2.65. The van der Waals surface area contributed by atoms with E-state index in [4.69, 9.17) is 17.3 Å². The van der Waals surface area contributed by atoms with Gasteiger partial charge < -0.3 is 5.73 Å². The Bertz CT molecular complexity index is 320. The molecule has 2 N–H and O–H groups in total. The lowest BCUT2D eigenvalue weighted by Crippen LogP contribution is -1.99. The molecule has 0 amide bonds. The molecule has 0 spiro atoms. The molecule has 12 heavy (non-hydrogen) atoms. The molecule has 0 radical (unpaired) electrons. The smallest absolute Gasteiger partial charge is 0.130 e. The topological polar surface area (TPSA) is 51.3 Å². The van der Waals surface area contributed by atoms with Crippen molar-refractivity contribution in [3.05, 3.63) is 22.5 Å². The third-order valence-electron chi connectivity index (χ3n) is 1.52. The number of nitrogens with two attached hydrogens (primary N) is 1. The van der Waals surface area contributed by atoms with E-state index in [0.29, 0.717) is 10.8 Å². The van der Waals surface area contributed by atoms with E-state index in [1.807, 2.05) is 6.92 Å². The number of pyridine rings is 1. The van der Waals surface area contributed by atoms with Crippen molar-refractivity contribution in [1.29, 1.82) is 0 Å². The molecule has 0 saturated heterocycles. The van der Waals surface area contributed by atoms with Gasteiger partial charge in [0.2, 0.25) is 0 Å². The minimum atomic E-state index is 0.441. The zero-order valence-electron chi connectivity index (χ0n) is 7.00. The van der Waals surface area contributed by atoms with Crippen molar-refractivity contribution in [3.63, 3.8) is 0 Å². The highest BCUT2D eigenvalue weighted by Gasteiger charge is 2.02. The summed E-state index contributed by atoms with van der Waals surface area (Å²) in [5.74, 6) is 0. The lowest BCUT2D eigenvalue weighted by Gasteiger charge is -2.03. The van der Waals surface area contributed by atoms with Gasteiger partial charge in [-0.15, -0.1) is 0 Å². The van der Waals surface area contributed by atoms with Gasteiger partial charge in [-0.2, -0.15) is 0 Å². The quantitative estimate of drug-likeness (QED) is 0.532. The predicted molar refractivity (Wildman–Crippen MR) is 51.9 cm³/mol. The van der Waals surface area contributed by atoms with Gasteiger partial charge in [0.25, 0.3) is 0 Å². The number of anilines is 1. The number of aryl methyl sites for hydroxylation is 1. The molecule has 1 aromatic rings. The number of nitrogens with zero attached hydrogens (tertiary/aromatic N) is 2. The van der Waals surface area contributed by atoms with Crippen LogP contribution in [0.25, 0.3) is 0 Å². The first-order chi connectivity index (χ1) is 5.65. The number of hydrogen-bond donors (Lipinski definition) is 1. The van der Waals surface area contributed by atoms with Gasteiger partial charge in [-0.25, -0.2) is 4.98 Å². The Morgan fingerprint density at radius 1 is 1.67 bits per heavy atom. The van der Waals surface area contributed by atoms with E-state index in [1.165, 1.54) is 0 Å². The predicted octanol–water partition coefficient (Wildman–Crippen LogP) is 1.67. The summed E-state index contributed by atoms with van der Waals surface area (Å²) in [6, 6.07) is 1.69. The van der Waals surface area contributed by atoms with E-state index in [0.717, 1.165) is 11.3 Å². The van der Waals surface area contributed by atoms with Crippen molar-refractivity contribution in [2.45, 2.75) is 6.92 Å². The maximum absolute atomic E-state index is 5.73. The average molecular weight is 184 g/mol. The maximum Gasteiger partial charge on any atom is 0.130 e. The number of aromatic nitrogens is 1. The van der Waals surface area contributed by atoms with Crippen LogP contribution >= 0.6 is 11.6 Å². The number of aliphatic imine (C=N–C) groups is 1. The molecule has 4 heteroatoms. The van der Waals surface area contributed by atoms with Crippen LogP contribution in [0.15, 0.2) is 11.1 Å². The third kappa shape index (κ3) is 1.74. The highest BCUT2D eigenvalue weighted by atomic mass is 35.5. The van der Waals surface area contributed by atoms with Crippen LogP contribution in [0, 0.1) is 6.92 Å². The van der Waals surface area contributed by atoms with Crippen molar-refractivity contribution < 1.29 is 0 Å². The molecule has 0 saturated carbocycles. The van der Waals surface area contributed by atoms with Crippen LogP contribution in [0.4, 0.5) is 5.69 Å². The molecule has 0 aliphatic carbocycles. The largest absolute Gasteiger partial charge is 0.397 e. The Balaban J connectivity index is 3.27. The molecule has 1 rings (SSSR count). The highest BCUT2D eigenvalue weighted by Crippen LogP contribution is 2.17. The van der Waals surface area contributed by atoms with Gasteiger partial charge in [0.05, 0.1) is 11.4 Å². The Labute approximate surface area is 76.3 Å². The third-order valence-corrected chi connectivity index (χ3v) is 1.71. The van der Waals surface area contributed by atoms with Gasteiger partial charge in [-0.3, -0.25) is 4.99 Å². The van der Waals surface area contributed by atoms with E-state index in [-0.39, 0.29) is 0 Å². The van der Waals surface area contributed by atoms with Gasteiger partial charge >= 0.3 is 0 Å². The van der Waals surface area contributed by atoms with Crippen LogP contribution in [0.5, 0.6) is 0 Å². The van der Waals surface area contributed by atoms with Crippen molar-refractivity contribution in [3.8, 4) is 0 Å². The highest BCUT2D eigenvalue weighted by molar-refractivity contribution is 6.29. The summed E-state index contributed by atoms with van der Waals surface area (Å²) in [6.45, 7) is 1.81. The van der Waals surface area contributed by atoms with Crippen molar-refractivity contribution in [2.24, 2.45) is 4.99 Å². The summed E-state index contributed by atoms with van der Waals surface area (Å²) >= 11 is 5.73. The van der Waals surface area contributed by atoms with Crippen LogP contribution in [0.1, 0.15) is 11.3 Å². The number of rotatable bonds is 1. The lowest BCUT2D eigenvalue weighted by atomic mass is 10.2. The second kappa shape index (κ2) is 3.54. The molecule has 0 aliphatic rings. The summed E-state index contributed by atoms with van der Waals surface area (Å²) in [6.07, 6.45) is 1.66. The first-order valence-corrected chi connectivity index (χ1v) is 3.87. The van der Waals surface area contributed by atoms with Crippen LogP contribution in [-0.4, -0.2) is 18.2 Å². The summed E-state index contributed by atoms with van der Waals surface area (Å²) in [5, 5.41) is 0.441. The molecule has 64 valence electrons. The second-order valence-electron chi connectivity index (χ2n) is 2.42. The second-order valence-corrected chi connectivity index (χ2v) is 2.81. The Morgan fingerprint density at radius 3 is 2.92 bits per heavy atom. The van der Waals surface area contributed by atoms with Gasteiger partial charge in [-0.05, 0) is 13.0 Å². The summed E-state index contributed by atoms with van der Waals surface area (Å²) in [4.78, 5) is 7.85. The fourth-order valence-corrected chi connectivity index (χ4v) is 1.16. The molecule has 0 fully saturated rings. The zero-order valence-corrected chi connectivity index (χ0v) is 7.76. The number of halogens is 1. The lowest BCUT2D eigenvalue weighted by molar-refractivity contribution is 1.20. The van der Waals surface area contributed by atoms with Crippen molar-refractivity contribution >= 4 is 23.5 Å². The van der Waals surface area contributed by atoms with Crippen molar-refractivity contribution in [1.82, 2.24) is 4.98 Å². The SMILES string of the molecule is CN=Cc1cc(Cl)nc(C)c1N. The number of nitrogen functional groups attached to an aromatic ring is 1. The zero-order chi connectivity index (χ0) is 9.14. The summed E-state index contributed by atoms with van der Waals surface area (Å²) in [7, 11) is 1.68. The van der Waals surface area contributed by atoms with Crippen LogP contribution < -0.4 is 5.73 Å². The van der Waals surface area contributed by atoms with Crippen LogP contribution in [0.3, 0.4) is 0 Å². The van der Waals surface area contributed by atoms with Crippen molar-refractivity contribution in [2.75, 3.05) is 12.8 Å². The molecule has 0 aliphatic heterocycles. The molecule has 0 aromatic carbocycles. The Hall–Kier alpha value is -1.09. The molecule has 0 atom stereocenters. The van der Waals surface area contributed by atoms with E-state index in [9.17, 15) is 0 Å².